The molecule has 2 rings (SSSR count). The van der Waals surface area contributed by atoms with Gasteiger partial charge in [-0.1, -0.05) is 37.9 Å². The molecule has 0 aromatic heterocycles. The molecule has 0 aliphatic heterocycles. The summed E-state index contributed by atoms with van der Waals surface area (Å²) >= 11 is 6.04. The summed E-state index contributed by atoms with van der Waals surface area (Å²) in [6, 6.07) is 5.80. The van der Waals surface area contributed by atoms with Crippen LogP contribution in [0, 0.1) is 24.7 Å². The van der Waals surface area contributed by atoms with E-state index in [1.54, 1.807) is 0 Å². The number of hydrogen-bond donors (Lipinski definition) is 1. The van der Waals surface area contributed by atoms with Crippen molar-refractivity contribution in [2.75, 3.05) is 0 Å². The van der Waals surface area contributed by atoms with E-state index < -0.39 is 0 Å². The van der Waals surface area contributed by atoms with E-state index in [0.29, 0.717) is 16.9 Å². The predicted octanol–water partition coefficient (Wildman–Crippen LogP) is 4.75. The minimum absolute atomic E-state index is 0.362. The van der Waals surface area contributed by atoms with E-state index in [-0.39, 0.29) is 6.10 Å². The van der Waals surface area contributed by atoms with Crippen molar-refractivity contribution in [1.29, 1.82) is 0 Å². The number of hydrogen-bond acceptors (Lipinski definition) is 1. The molecule has 1 aliphatic rings. The standard InChI is InChI=1S/C16H23ClO/c1-10-4-6-13(8-12(10)3)16(18)15-9-14(17)7-5-11(15)2/h5,7,9-10,12-13,16,18H,4,6,8H2,1-3H3. The zero-order chi connectivity index (χ0) is 13.3. The van der Waals surface area contributed by atoms with E-state index in [1.165, 1.54) is 6.42 Å². The van der Waals surface area contributed by atoms with Crippen molar-refractivity contribution in [1.82, 2.24) is 0 Å². The van der Waals surface area contributed by atoms with Gasteiger partial charge in [0.05, 0.1) is 6.10 Å². The molecule has 1 nitrogen and oxygen atoms in total. The van der Waals surface area contributed by atoms with Gasteiger partial charge in [-0.15, -0.1) is 0 Å². The molecule has 0 bridgehead atoms. The second-order valence-electron chi connectivity index (χ2n) is 5.97. The van der Waals surface area contributed by atoms with Crippen LogP contribution in [0.5, 0.6) is 0 Å². The van der Waals surface area contributed by atoms with Crippen LogP contribution in [-0.2, 0) is 0 Å². The summed E-state index contributed by atoms with van der Waals surface area (Å²) < 4.78 is 0. The Morgan fingerprint density at radius 1 is 1.22 bits per heavy atom. The van der Waals surface area contributed by atoms with Gasteiger partial charge >= 0.3 is 0 Å². The second kappa shape index (κ2) is 5.63. The fourth-order valence-electron chi connectivity index (χ4n) is 3.06. The molecule has 0 saturated heterocycles. The largest absolute Gasteiger partial charge is 0.388 e. The zero-order valence-corrected chi connectivity index (χ0v) is 12.2. The molecule has 4 atom stereocenters. The summed E-state index contributed by atoms with van der Waals surface area (Å²) in [6.07, 6.45) is 3.11. The first-order valence-electron chi connectivity index (χ1n) is 6.93. The summed E-state index contributed by atoms with van der Waals surface area (Å²) in [5, 5.41) is 11.3. The summed E-state index contributed by atoms with van der Waals surface area (Å²) in [5.41, 5.74) is 2.15. The molecule has 2 heteroatoms. The van der Waals surface area contributed by atoms with Crippen LogP contribution in [0.4, 0.5) is 0 Å². The summed E-state index contributed by atoms with van der Waals surface area (Å²) in [4.78, 5) is 0. The van der Waals surface area contributed by atoms with Crippen LogP contribution in [0.3, 0.4) is 0 Å². The second-order valence-corrected chi connectivity index (χ2v) is 6.41. The van der Waals surface area contributed by atoms with Crippen molar-refractivity contribution in [3.05, 3.63) is 34.3 Å². The Bertz CT molecular complexity index is 416. The molecule has 1 aliphatic carbocycles. The maximum absolute atomic E-state index is 10.6. The molecule has 1 aromatic rings. The van der Waals surface area contributed by atoms with E-state index in [1.807, 2.05) is 25.1 Å². The average molecular weight is 267 g/mol. The zero-order valence-electron chi connectivity index (χ0n) is 11.5. The molecule has 1 aromatic carbocycles. The van der Waals surface area contributed by atoms with Crippen LogP contribution in [0.1, 0.15) is 50.3 Å². The van der Waals surface area contributed by atoms with Gasteiger partial charge in [-0.2, -0.15) is 0 Å². The van der Waals surface area contributed by atoms with Gasteiger partial charge in [0.1, 0.15) is 0 Å². The van der Waals surface area contributed by atoms with Crippen LogP contribution in [0.2, 0.25) is 5.02 Å². The normalized spacial score (nSPS) is 30.2. The van der Waals surface area contributed by atoms with E-state index in [9.17, 15) is 5.11 Å². The number of rotatable bonds is 2. The van der Waals surface area contributed by atoms with Gasteiger partial charge in [-0.05, 0) is 60.8 Å². The van der Waals surface area contributed by atoms with Crippen LogP contribution in [-0.4, -0.2) is 5.11 Å². The van der Waals surface area contributed by atoms with Crippen molar-refractivity contribution >= 4 is 11.6 Å². The van der Waals surface area contributed by atoms with Crippen molar-refractivity contribution in [3.63, 3.8) is 0 Å². The molecular formula is C16H23ClO. The number of benzene rings is 1. The van der Waals surface area contributed by atoms with Crippen LogP contribution >= 0.6 is 11.6 Å². The van der Waals surface area contributed by atoms with Crippen LogP contribution < -0.4 is 0 Å². The molecule has 0 amide bonds. The lowest BCUT2D eigenvalue weighted by molar-refractivity contribution is 0.0557. The fourth-order valence-corrected chi connectivity index (χ4v) is 3.24. The maximum atomic E-state index is 10.6. The lowest BCUT2D eigenvalue weighted by atomic mass is 9.72. The van der Waals surface area contributed by atoms with Gasteiger partial charge in [0.25, 0.3) is 0 Å². The number of aliphatic hydroxyl groups is 1. The van der Waals surface area contributed by atoms with E-state index in [2.05, 4.69) is 13.8 Å². The number of aliphatic hydroxyl groups excluding tert-OH is 1. The van der Waals surface area contributed by atoms with Gasteiger partial charge in [-0.3, -0.25) is 0 Å². The monoisotopic (exact) mass is 266 g/mol. The first-order valence-corrected chi connectivity index (χ1v) is 7.31. The summed E-state index contributed by atoms with van der Waals surface area (Å²) in [6.45, 7) is 6.66. The molecule has 4 unspecified atom stereocenters. The third-order valence-electron chi connectivity index (χ3n) is 4.65. The highest BCUT2D eigenvalue weighted by Gasteiger charge is 2.30. The van der Waals surface area contributed by atoms with Gasteiger partial charge in [0, 0.05) is 5.02 Å². The van der Waals surface area contributed by atoms with Gasteiger partial charge < -0.3 is 5.11 Å². The Morgan fingerprint density at radius 3 is 2.61 bits per heavy atom. The summed E-state index contributed by atoms with van der Waals surface area (Å²) in [5.74, 6) is 1.88. The average Bonchev–Trinajstić information content (AvgIpc) is 2.35. The highest BCUT2D eigenvalue weighted by Crippen LogP contribution is 2.40. The van der Waals surface area contributed by atoms with Gasteiger partial charge in [0.15, 0.2) is 0 Å². The van der Waals surface area contributed by atoms with Gasteiger partial charge in [0.2, 0.25) is 0 Å². The van der Waals surface area contributed by atoms with E-state index in [0.717, 1.165) is 29.9 Å². The van der Waals surface area contributed by atoms with Crippen molar-refractivity contribution in [2.45, 2.75) is 46.1 Å². The Kier molecular flexibility index (Phi) is 4.34. The van der Waals surface area contributed by atoms with Crippen molar-refractivity contribution < 1.29 is 5.11 Å². The molecular weight excluding hydrogens is 244 g/mol. The lowest BCUT2D eigenvalue weighted by Gasteiger charge is -2.35. The van der Waals surface area contributed by atoms with Crippen LogP contribution in [0.25, 0.3) is 0 Å². The molecule has 0 spiro atoms. The SMILES string of the molecule is Cc1ccc(Cl)cc1C(O)C1CCC(C)C(C)C1. The van der Waals surface area contributed by atoms with Crippen molar-refractivity contribution in [2.24, 2.45) is 17.8 Å². The third-order valence-corrected chi connectivity index (χ3v) is 4.88. The topological polar surface area (TPSA) is 20.2 Å². The molecule has 1 N–H and O–H groups in total. The number of aryl methyl sites for hydroxylation is 1. The fraction of sp³-hybridized carbons (Fsp3) is 0.625. The highest BCUT2D eigenvalue weighted by atomic mass is 35.5. The smallest absolute Gasteiger partial charge is 0.0821 e. The van der Waals surface area contributed by atoms with E-state index >= 15 is 0 Å². The predicted molar refractivity (Wildman–Crippen MR) is 76.8 cm³/mol. The molecule has 18 heavy (non-hydrogen) atoms. The minimum Gasteiger partial charge on any atom is -0.388 e. The third kappa shape index (κ3) is 2.89. The molecule has 1 fully saturated rings. The van der Waals surface area contributed by atoms with Crippen LogP contribution in [0.15, 0.2) is 18.2 Å². The first-order chi connectivity index (χ1) is 8.49. The quantitative estimate of drug-likeness (QED) is 0.819. The van der Waals surface area contributed by atoms with Gasteiger partial charge in [-0.25, -0.2) is 0 Å². The molecule has 0 radical (unpaired) electrons. The van der Waals surface area contributed by atoms with Crippen molar-refractivity contribution in [3.8, 4) is 0 Å². The maximum Gasteiger partial charge on any atom is 0.0821 e. The Balaban J connectivity index is 2.16. The molecule has 0 heterocycles. The first kappa shape index (κ1) is 13.9. The Hall–Kier alpha value is -0.530. The minimum atomic E-state index is -0.362. The Morgan fingerprint density at radius 2 is 1.94 bits per heavy atom. The summed E-state index contributed by atoms with van der Waals surface area (Å²) in [7, 11) is 0. The van der Waals surface area contributed by atoms with E-state index in [4.69, 9.17) is 11.6 Å². The molecule has 100 valence electrons. The Labute approximate surface area is 115 Å². The highest BCUT2D eigenvalue weighted by molar-refractivity contribution is 6.30. The molecule has 1 saturated carbocycles. The number of halogens is 1. The lowest BCUT2D eigenvalue weighted by Crippen LogP contribution is -2.25.